The fourth-order valence-electron chi connectivity index (χ4n) is 4.13. The zero-order valence-electron chi connectivity index (χ0n) is 19.2. The molecular formula is C29H22FN3O2. The molecule has 35 heavy (non-hydrogen) atoms. The molecule has 4 aromatic rings. The lowest BCUT2D eigenvalue weighted by Crippen LogP contribution is -2.39. The van der Waals surface area contributed by atoms with Crippen LogP contribution in [0.25, 0.3) is 33.6 Å². The molecule has 0 fully saturated rings. The number of benzene rings is 3. The Kier molecular flexibility index (Phi) is 5.99. The lowest BCUT2D eigenvalue weighted by atomic mass is 9.99. The van der Waals surface area contributed by atoms with E-state index in [0.29, 0.717) is 23.7 Å². The molecule has 0 radical (unpaired) electrons. The molecule has 2 heterocycles. The maximum Gasteiger partial charge on any atom is 0.265 e. The standard InChI is InChI=1S/C29H22FN3O2/c1-19-3-5-21(6-4-19)25-15-23(20-7-10-24(30)11-8-20)16-26(32-25)22-9-12-28-27(17-22)33(14-2-13-31)29(34)18-35-28/h3-12,15-17H,2,14,18H2,1H3. The first-order chi connectivity index (χ1) is 17.0. The van der Waals surface area contributed by atoms with E-state index in [1.165, 1.54) is 12.1 Å². The van der Waals surface area contributed by atoms with Gasteiger partial charge in [-0.2, -0.15) is 5.26 Å². The van der Waals surface area contributed by atoms with Crippen LogP contribution >= 0.6 is 0 Å². The van der Waals surface area contributed by atoms with Crippen LogP contribution in [-0.2, 0) is 4.79 Å². The van der Waals surface area contributed by atoms with Gasteiger partial charge < -0.3 is 9.64 Å². The topological polar surface area (TPSA) is 66.2 Å². The number of carbonyl (C=O) groups is 1. The van der Waals surface area contributed by atoms with Gasteiger partial charge in [0.1, 0.15) is 11.6 Å². The van der Waals surface area contributed by atoms with Crippen molar-refractivity contribution in [3.8, 4) is 45.5 Å². The number of amides is 1. The van der Waals surface area contributed by atoms with E-state index in [9.17, 15) is 9.18 Å². The van der Waals surface area contributed by atoms with Crippen LogP contribution in [-0.4, -0.2) is 24.0 Å². The molecule has 0 saturated carbocycles. The van der Waals surface area contributed by atoms with Crippen LogP contribution in [0.5, 0.6) is 5.75 Å². The maximum atomic E-state index is 13.6. The molecule has 0 aliphatic carbocycles. The zero-order valence-corrected chi connectivity index (χ0v) is 19.2. The number of nitrogens with zero attached hydrogens (tertiary/aromatic N) is 3. The summed E-state index contributed by atoms with van der Waals surface area (Å²) in [6, 6.07) is 26.2. The van der Waals surface area contributed by atoms with Gasteiger partial charge in [0.2, 0.25) is 0 Å². The summed E-state index contributed by atoms with van der Waals surface area (Å²) in [7, 11) is 0. The fourth-order valence-corrected chi connectivity index (χ4v) is 4.13. The molecular weight excluding hydrogens is 441 g/mol. The molecule has 172 valence electrons. The molecule has 1 aromatic heterocycles. The smallest absolute Gasteiger partial charge is 0.265 e. The first-order valence-corrected chi connectivity index (χ1v) is 11.3. The largest absolute Gasteiger partial charge is 0.482 e. The van der Waals surface area contributed by atoms with Crippen molar-refractivity contribution in [2.24, 2.45) is 0 Å². The van der Waals surface area contributed by atoms with Crippen LogP contribution in [0, 0.1) is 24.1 Å². The summed E-state index contributed by atoms with van der Waals surface area (Å²) < 4.78 is 19.2. The molecule has 3 aromatic carbocycles. The van der Waals surface area contributed by atoms with E-state index < -0.39 is 0 Å². The van der Waals surface area contributed by atoms with Crippen molar-refractivity contribution in [2.45, 2.75) is 13.3 Å². The lowest BCUT2D eigenvalue weighted by Gasteiger charge is -2.29. The van der Waals surface area contributed by atoms with Gasteiger partial charge in [-0.1, -0.05) is 42.0 Å². The summed E-state index contributed by atoms with van der Waals surface area (Å²) in [4.78, 5) is 19.0. The molecule has 1 aliphatic heterocycles. The van der Waals surface area contributed by atoms with Crippen molar-refractivity contribution in [1.29, 1.82) is 5.26 Å². The number of aryl methyl sites for hydroxylation is 1. The highest BCUT2D eigenvalue weighted by atomic mass is 19.1. The molecule has 0 N–H and O–H groups in total. The van der Waals surface area contributed by atoms with Gasteiger partial charge in [0.25, 0.3) is 5.91 Å². The average molecular weight is 464 g/mol. The van der Waals surface area contributed by atoms with Crippen molar-refractivity contribution in [3.63, 3.8) is 0 Å². The van der Waals surface area contributed by atoms with Crippen molar-refractivity contribution < 1.29 is 13.9 Å². The quantitative estimate of drug-likeness (QED) is 0.355. The number of aromatic nitrogens is 1. The number of hydrogen-bond donors (Lipinski definition) is 0. The number of ether oxygens (including phenoxy) is 1. The molecule has 0 saturated heterocycles. The summed E-state index contributed by atoms with van der Waals surface area (Å²) in [5, 5.41) is 9.02. The second kappa shape index (κ2) is 9.40. The zero-order chi connectivity index (χ0) is 24.4. The Morgan fingerprint density at radius 1 is 0.914 bits per heavy atom. The third-order valence-electron chi connectivity index (χ3n) is 6.00. The summed E-state index contributed by atoms with van der Waals surface area (Å²) in [5.74, 6) is 0.122. The molecule has 5 rings (SSSR count). The van der Waals surface area contributed by atoms with E-state index in [0.717, 1.165) is 33.5 Å². The summed E-state index contributed by atoms with van der Waals surface area (Å²) in [6.07, 6.45) is 0.227. The third kappa shape index (κ3) is 4.62. The van der Waals surface area contributed by atoms with Gasteiger partial charge in [0.15, 0.2) is 6.61 Å². The molecule has 0 bridgehead atoms. The lowest BCUT2D eigenvalue weighted by molar-refractivity contribution is -0.121. The Morgan fingerprint density at radius 2 is 1.57 bits per heavy atom. The molecule has 1 amide bonds. The van der Waals surface area contributed by atoms with E-state index in [1.807, 2.05) is 61.5 Å². The predicted octanol–water partition coefficient (Wildman–Crippen LogP) is 6.17. The van der Waals surface area contributed by atoms with Crippen molar-refractivity contribution in [2.75, 3.05) is 18.1 Å². The highest BCUT2D eigenvalue weighted by Gasteiger charge is 2.26. The van der Waals surface area contributed by atoms with E-state index in [-0.39, 0.29) is 24.8 Å². The number of carbonyl (C=O) groups excluding carboxylic acids is 1. The van der Waals surface area contributed by atoms with Crippen LogP contribution in [0.15, 0.2) is 78.9 Å². The molecule has 0 unspecified atom stereocenters. The second-order valence-corrected chi connectivity index (χ2v) is 8.42. The van der Waals surface area contributed by atoms with E-state index in [4.69, 9.17) is 15.0 Å². The van der Waals surface area contributed by atoms with Gasteiger partial charge in [-0.3, -0.25) is 4.79 Å². The predicted molar refractivity (Wildman–Crippen MR) is 133 cm³/mol. The van der Waals surface area contributed by atoms with Crippen LogP contribution in [0.1, 0.15) is 12.0 Å². The Labute approximate surface area is 203 Å². The average Bonchev–Trinajstić information content (AvgIpc) is 2.88. The van der Waals surface area contributed by atoms with Gasteiger partial charge >= 0.3 is 0 Å². The minimum atomic E-state index is -0.293. The van der Waals surface area contributed by atoms with Gasteiger partial charge in [-0.25, -0.2) is 9.37 Å². The van der Waals surface area contributed by atoms with Gasteiger partial charge in [-0.15, -0.1) is 0 Å². The number of halogens is 1. The van der Waals surface area contributed by atoms with Gasteiger partial charge in [-0.05, 0) is 60.5 Å². The van der Waals surface area contributed by atoms with Gasteiger partial charge in [0.05, 0.1) is 29.6 Å². The second-order valence-electron chi connectivity index (χ2n) is 8.42. The van der Waals surface area contributed by atoms with Crippen LogP contribution < -0.4 is 9.64 Å². The summed E-state index contributed by atoms with van der Waals surface area (Å²) in [5.41, 5.74) is 6.82. The van der Waals surface area contributed by atoms with E-state index in [1.54, 1.807) is 17.0 Å². The summed E-state index contributed by atoms with van der Waals surface area (Å²) >= 11 is 0. The molecule has 0 spiro atoms. The fraction of sp³-hybridized carbons (Fsp3) is 0.138. The van der Waals surface area contributed by atoms with Crippen molar-refractivity contribution in [1.82, 2.24) is 4.98 Å². The maximum absolute atomic E-state index is 13.6. The molecule has 6 heteroatoms. The first kappa shape index (κ1) is 22.3. The number of hydrogen-bond acceptors (Lipinski definition) is 4. The molecule has 0 atom stereocenters. The highest BCUT2D eigenvalue weighted by molar-refractivity contribution is 5.98. The number of anilines is 1. The van der Waals surface area contributed by atoms with Crippen LogP contribution in [0.2, 0.25) is 0 Å². The van der Waals surface area contributed by atoms with Gasteiger partial charge in [0, 0.05) is 17.7 Å². The van der Waals surface area contributed by atoms with Crippen LogP contribution in [0.3, 0.4) is 0 Å². The number of nitriles is 1. The van der Waals surface area contributed by atoms with E-state index in [2.05, 4.69) is 6.07 Å². The number of rotatable bonds is 5. The molecule has 5 nitrogen and oxygen atoms in total. The summed E-state index contributed by atoms with van der Waals surface area (Å²) in [6.45, 7) is 2.28. The Morgan fingerprint density at radius 3 is 2.29 bits per heavy atom. The minimum absolute atomic E-state index is 0.0480. The Hall–Kier alpha value is -4.50. The number of fused-ring (bicyclic) bond motifs is 1. The third-order valence-corrected chi connectivity index (χ3v) is 6.00. The van der Waals surface area contributed by atoms with Crippen molar-refractivity contribution >= 4 is 11.6 Å². The van der Waals surface area contributed by atoms with Crippen LogP contribution in [0.4, 0.5) is 10.1 Å². The monoisotopic (exact) mass is 463 g/mol. The van der Waals surface area contributed by atoms with Crippen molar-refractivity contribution in [3.05, 3.63) is 90.2 Å². The first-order valence-electron chi connectivity index (χ1n) is 11.3. The minimum Gasteiger partial charge on any atom is -0.482 e. The Bertz CT molecular complexity index is 1380. The molecule has 1 aliphatic rings. The highest BCUT2D eigenvalue weighted by Crippen LogP contribution is 2.37. The SMILES string of the molecule is Cc1ccc(-c2cc(-c3ccc(F)cc3)cc(-c3ccc4c(c3)N(CCC#N)C(=O)CO4)n2)cc1. The number of pyridine rings is 1. The Balaban J connectivity index is 1.64. The van der Waals surface area contributed by atoms with E-state index >= 15 is 0 Å². The normalized spacial score (nSPS) is 12.6.